The number of amides is 2. The third kappa shape index (κ3) is 6.96. The summed E-state index contributed by atoms with van der Waals surface area (Å²) in [4.78, 5) is 35.3. The van der Waals surface area contributed by atoms with Crippen LogP contribution in [-0.2, 0) is 14.4 Å². The van der Waals surface area contributed by atoms with Crippen molar-refractivity contribution < 1.29 is 19.5 Å². The molecule has 1 saturated heterocycles. The number of hydrogen-bond donors (Lipinski definition) is 5. The second-order valence-corrected chi connectivity index (χ2v) is 5.92. The fraction of sp³-hybridized carbons (Fsp3) is 0.800. The number of carboxylic acid groups (broad SMARTS) is 1. The Hall–Kier alpha value is -1.67. The van der Waals surface area contributed by atoms with Gasteiger partial charge in [0.1, 0.15) is 12.1 Å². The van der Waals surface area contributed by atoms with Crippen LogP contribution in [0.2, 0.25) is 0 Å². The summed E-state index contributed by atoms with van der Waals surface area (Å²) in [6, 6.07) is -2.01. The van der Waals surface area contributed by atoms with Crippen molar-refractivity contribution in [2.75, 3.05) is 13.1 Å². The zero-order valence-electron chi connectivity index (χ0n) is 13.6. The van der Waals surface area contributed by atoms with Crippen LogP contribution >= 0.6 is 0 Å². The first-order valence-corrected chi connectivity index (χ1v) is 8.22. The van der Waals surface area contributed by atoms with Gasteiger partial charge >= 0.3 is 5.97 Å². The van der Waals surface area contributed by atoms with E-state index in [2.05, 4.69) is 16.0 Å². The minimum Gasteiger partial charge on any atom is -0.480 e. The predicted molar refractivity (Wildman–Crippen MR) is 85.7 cm³/mol. The van der Waals surface area contributed by atoms with Crippen LogP contribution in [0.1, 0.15) is 45.4 Å². The highest BCUT2D eigenvalue weighted by Gasteiger charge is 2.26. The van der Waals surface area contributed by atoms with E-state index >= 15 is 0 Å². The first-order valence-electron chi connectivity index (χ1n) is 8.22. The van der Waals surface area contributed by atoms with Gasteiger partial charge in [-0.2, -0.15) is 0 Å². The Labute approximate surface area is 136 Å². The number of unbranched alkanes of at least 4 members (excludes halogenated alkanes) is 1. The van der Waals surface area contributed by atoms with E-state index in [1.807, 2.05) is 0 Å². The van der Waals surface area contributed by atoms with Crippen molar-refractivity contribution in [2.45, 2.75) is 63.6 Å². The summed E-state index contributed by atoms with van der Waals surface area (Å²) >= 11 is 0. The summed E-state index contributed by atoms with van der Waals surface area (Å²) in [5.74, 6) is -1.79. The van der Waals surface area contributed by atoms with Crippen LogP contribution in [0, 0.1) is 0 Å². The van der Waals surface area contributed by atoms with Gasteiger partial charge in [0.15, 0.2) is 0 Å². The van der Waals surface area contributed by atoms with Crippen LogP contribution < -0.4 is 21.7 Å². The topological polar surface area (TPSA) is 134 Å². The molecule has 1 rings (SSSR count). The van der Waals surface area contributed by atoms with E-state index < -0.39 is 24.0 Å². The summed E-state index contributed by atoms with van der Waals surface area (Å²) in [5.41, 5.74) is 5.38. The molecule has 1 heterocycles. The fourth-order valence-electron chi connectivity index (χ4n) is 2.50. The molecule has 0 aliphatic carbocycles. The summed E-state index contributed by atoms with van der Waals surface area (Å²) in [6.07, 6.45) is 4.43. The minimum atomic E-state index is -1.08. The Morgan fingerprint density at radius 3 is 2.57 bits per heavy atom. The van der Waals surface area contributed by atoms with Gasteiger partial charge in [-0.3, -0.25) is 9.59 Å². The molecule has 0 spiro atoms. The molecule has 8 nitrogen and oxygen atoms in total. The van der Waals surface area contributed by atoms with Gasteiger partial charge in [-0.25, -0.2) is 4.79 Å². The van der Waals surface area contributed by atoms with Crippen LogP contribution in [0.15, 0.2) is 0 Å². The van der Waals surface area contributed by atoms with Crippen molar-refractivity contribution in [3.8, 4) is 0 Å². The van der Waals surface area contributed by atoms with Gasteiger partial charge < -0.3 is 26.8 Å². The van der Waals surface area contributed by atoms with Crippen LogP contribution in [0.4, 0.5) is 0 Å². The molecule has 1 fully saturated rings. The largest absolute Gasteiger partial charge is 0.480 e. The second-order valence-electron chi connectivity index (χ2n) is 5.92. The molecule has 1 aliphatic rings. The van der Waals surface area contributed by atoms with Gasteiger partial charge in [0.05, 0.1) is 6.04 Å². The van der Waals surface area contributed by atoms with E-state index in [1.54, 1.807) is 6.92 Å². The lowest BCUT2D eigenvalue weighted by atomic mass is 10.0. The van der Waals surface area contributed by atoms with E-state index in [9.17, 15) is 14.4 Å². The molecular formula is C15H28N4O4. The number of aliphatic carboxylic acids is 1. The monoisotopic (exact) mass is 328 g/mol. The molecule has 1 aliphatic heterocycles. The molecule has 0 bridgehead atoms. The molecule has 3 atom stereocenters. The Morgan fingerprint density at radius 2 is 2.00 bits per heavy atom. The van der Waals surface area contributed by atoms with Gasteiger partial charge in [0.2, 0.25) is 11.8 Å². The summed E-state index contributed by atoms with van der Waals surface area (Å²) < 4.78 is 0. The number of carbonyl (C=O) groups excluding carboxylic acids is 2. The number of carbonyl (C=O) groups is 3. The Balaban J connectivity index is 2.43. The molecule has 23 heavy (non-hydrogen) atoms. The second kappa shape index (κ2) is 10.2. The van der Waals surface area contributed by atoms with Gasteiger partial charge in [-0.05, 0) is 52.1 Å². The van der Waals surface area contributed by atoms with E-state index in [0.29, 0.717) is 25.8 Å². The molecule has 2 amide bonds. The quantitative estimate of drug-likeness (QED) is 0.357. The van der Waals surface area contributed by atoms with Crippen LogP contribution in [0.25, 0.3) is 0 Å². The molecule has 132 valence electrons. The first kappa shape index (κ1) is 19.4. The van der Waals surface area contributed by atoms with Crippen molar-refractivity contribution in [3.05, 3.63) is 0 Å². The van der Waals surface area contributed by atoms with Gasteiger partial charge in [-0.15, -0.1) is 0 Å². The first-order chi connectivity index (χ1) is 11.0. The maximum Gasteiger partial charge on any atom is 0.326 e. The molecule has 8 heteroatoms. The molecule has 0 aromatic carbocycles. The molecule has 0 radical (unpaired) electrons. The third-order valence-corrected chi connectivity index (χ3v) is 3.94. The molecule has 0 aromatic heterocycles. The summed E-state index contributed by atoms with van der Waals surface area (Å²) in [5, 5.41) is 17.4. The lowest BCUT2D eigenvalue weighted by molar-refractivity contribution is -0.142. The number of carboxylic acids is 1. The van der Waals surface area contributed by atoms with E-state index in [-0.39, 0.29) is 11.9 Å². The maximum atomic E-state index is 12.1. The summed E-state index contributed by atoms with van der Waals surface area (Å²) in [6.45, 7) is 2.83. The number of nitrogens with two attached hydrogens (primary N) is 1. The number of piperidine rings is 1. The maximum absolute atomic E-state index is 12.1. The minimum absolute atomic E-state index is 0.220. The number of rotatable bonds is 9. The fourth-order valence-corrected chi connectivity index (χ4v) is 2.50. The normalized spacial score (nSPS) is 20.3. The molecule has 6 N–H and O–H groups in total. The Bertz CT molecular complexity index is 410. The van der Waals surface area contributed by atoms with Crippen molar-refractivity contribution in [3.63, 3.8) is 0 Å². The number of nitrogens with one attached hydrogen (secondary N) is 3. The SMILES string of the molecule is C[C@H](NC(=O)[C@@H]1CCCCN1)C(=O)N[C@@H](CCCCN)C(=O)O. The molecule has 0 saturated carbocycles. The van der Waals surface area contributed by atoms with Crippen LogP contribution in [0.5, 0.6) is 0 Å². The summed E-state index contributed by atoms with van der Waals surface area (Å²) in [7, 11) is 0. The van der Waals surface area contributed by atoms with Crippen LogP contribution in [-0.4, -0.2) is 54.1 Å². The van der Waals surface area contributed by atoms with E-state index in [1.165, 1.54) is 0 Å². The Kier molecular flexibility index (Phi) is 8.57. The average Bonchev–Trinajstić information content (AvgIpc) is 2.54. The standard InChI is InChI=1S/C15H28N4O4/c1-10(18-14(21)11-6-3-5-9-17-11)13(20)19-12(15(22)23)7-2-4-8-16/h10-12,17H,2-9,16H2,1H3,(H,18,21)(H,19,20)(H,22,23)/t10-,11-,12-/m0/s1. The van der Waals surface area contributed by atoms with Gasteiger partial charge in [0, 0.05) is 0 Å². The molecule has 0 aromatic rings. The Morgan fingerprint density at radius 1 is 1.26 bits per heavy atom. The van der Waals surface area contributed by atoms with E-state index in [0.717, 1.165) is 25.8 Å². The van der Waals surface area contributed by atoms with Crippen molar-refractivity contribution in [1.29, 1.82) is 0 Å². The lowest BCUT2D eigenvalue weighted by Gasteiger charge is -2.25. The molecule has 0 unspecified atom stereocenters. The highest BCUT2D eigenvalue weighted by atomic mass is 16.4. The molecular weight excluding hydrogens is 300 g/mol. The number of hydrogen-bond acceptors (Lipinski definition) is 5. The zero-order chi connectivity index (χ0) is 17.2. The van der Waals surface area contributed by atoms with Crippen molar-refractivity contribution in [1.82, 2.24) is 16.0 Å². The smallest absolute Gasteiger partial charge is 0.326 e. The van der Waals surface area contributed by atoms with Crippen molar-refractivity contribution >= 4 is 17.8 Å². The highest BCUT2D eigenvalue weighted by Crippen LogP contribution is 2.07. The van der Waals surface area contributed by atoms with E-state index in [4.69, 9.17) is 10.8 Å². The highest BCUT2D eigenvalue weighted by molar-refractivity contribution is 5.91. The lowest BCUT2D eigenvalue weighted by Crippen LogP contribution is -2.54. The van der Waals surface area contributed by atoms with Crippen molar-refractivity contribution in [2.24, 2.45) is 5.73 Å². The third-order valence-electron chi connectivity index (χ3n) is 3.94. The van der Waals surface area contributed by atoms with Crippen LogP contribution in [0.3, 0.4) is 0 Å². The van der Waals surface area contributed by atoms with Gasteiger partial charge in [-0.1, -0.05) is 6.42 Å². The zero-order valence-corrected chi connectivity index (χ0v) is 13.6. The van der Waals surface area contributed by atoms with Gasteiger partial charge in [0.25, 0.3) is 0 Å². The average molecular weight is 328 g/mol. The predicted octanol–water partition coefficient (Wildman–Crippen LogP) is -0.668.